The van der Waals surface area contributed by atoms with Gasteiger partial charge in [0.05, 0.1) is 0 Å². The third kappa shape index (κ3) is 3.04. The van der Waals surface area contributed by atoms with Gasteiger partial charge in [0, 0.05) is 23.9 Å². The topological polar surface area (TPSA) is 30.0 Å². The number of Topliss-reactive ketones (excluding diaryl/α,β-unsaturated/α-hetero) is 1. The van der Waals surface area contributed by atoms with Gasteiger partial charge in [0.15, 0.2) is 5.78 Å². The molecule has 0 spiro atoms. The van der Waals surface area contributed by atoms with Crippen molar-refractivity contribution in [3.05, 3.63) is 65.5 Å². The fourth-order valence-electron chi connectivity index (χ4n) is 2.06. The number of rotatable bonds is 4. The SMILES string of the molecule is Cc1cncc(CC(C)C(=O)c2ccccc2)c1. The number of hydrogen-bond acceptors (Lipinski definition) is 2. The Labute approximate surface area is 108 Å². The zero-order valence-electron chi connectivity index (χ0n) is 10.8. The van der Waals surface area contributed by atoms with Crippen LogP contribution in [-0.2, 0) is 6.42 Å². The van der Waals surface area contributed by atoms with Crippen molar-refractivity contribution >= 4 is 5.78 Å². The molecule has 0 aliphatic carbocycles. The Morgan fingerprint density at radius 2 is 1.94 bits per heavy atom. The molecule has 0 aliphatic rings. The van der Waals surface area contributed by atoms with Crippen LogP contribution in [0.25, 0.3) is 0 Å². The Morgan fingerprint density at radius 1 is 1.22 bits per heavy atom. The number of carbonyl (C=O) groups is 1. The Bertz CT molecular complexity index is 534. The van der Waals surface area contributed by atoms with Crippen LogP contribution in [0, 0.1) is 12.8 Å². The molecule has 0 N–H and O–H groups in total. The molecule has 0 fully saturated rings. The molecule has 1 unspecified atom stereocenters. The van der Waals surface area contributed by atoms with Gasteiger partial charge in [-0.1, -0.05) is 43.3 Å². The maximum Gasteiger partial charge on any atom is 0.165 e. The first kappa shape index (κ1) is 12.5. The van der Waals surface area contributed by atoms with E-state index < -0.39 is 0 Å². The number of aromatic nitrogens is 1. The minimum atomic E-state index is -0.0176. The van der Waals surface area contributed by atoms with Crippen LogP contribution in [0.5, 0.6) is 0 Å². The van der Waals surface area contributed by atoms with Gasteiger partial charge in [-0.05, 0) is 24.5 Å². The summed E-state index contributed by atoms with van der Waals surface area (Å²) in [6, 6.07) is 11.5. The number of benzene rings is 1. The monoisotopic (exact) mass is 239 g/mol. The van der Waals surface area contributed by atoms with Gasteiger partial charge >= 0.3 is 0 Å². The van der Waals surface area contributed by atoms with Crippen LogP contribution in [0.3, 0.4) is 0 Å². The van der Waals surface area contributed by atoms with E-state index in [0.29, 0.717) is 0 Å². The lowest BCUT2D eigenvalue weighted by atomic mass is 9.93. The van der Waals surface area contributed by atoms with Crippen LogP contribution in [0.15, 0.2) is 48.8 Å². The van der Waals surface area contributed by atoms with Gasteiger partial charge < -0.3 is 0 Å². The van der Waals surface area contributed by atoms with Crippen molar-refractivity contribution in [2.75, 3.05) is 0 Å². The molecule has 92 valence electrons. The number of hydrogen-bond donors (Lipinski definition) is 0. The van der Waals surface area contributed by atoms with Crippen molar-refractivity contribution < 1.29 is 4.79 Å². The van der Waals surface area contributed by atoms with E-state index in [1.165, 1.54) is 0 Å². The standard InChI is InChI=1S/C16H17NO/c1-12-8-14(11-17-10-12)9-13(2)16(18)15-6-4-3-5-7-15/h3-8,10-11,13H,9H2,1-2H3. The van der Waals surface area contributed by atoms with E-state index in [1.54, 1.807) is 0 Å². The summed E-state index contributed by atoms with van der Waals surface area (Å²) >= 11 is 0. The highest BCUT2D eigenvalue weighted by Gasteiger charge is 2.15. The fourth-order valence-corrected chi connectivity index (χ4v) is 2.06. The van der Waals surface area contributed by atoms with Gasteiger partial charge in [0.2, 0.25) is 0 Å². The lowest BCUT2D eigenvalue weighted by molar-refractivity contribution is 0.0929. The molecule has 1 aromatic heterocycles. The Balaban J connectivity index is 2.09. The molecule has 2 nitrogen and oxygen atoms in total. The van der Waals surface area contributed by atoms with E-state index in [-0.39, 0.29) is 11.7 Å². The summed E-state index contributed by atoms with van der Waals surface area (Å²) in [5.41, 5.74) is 3.03. The number of pyridine rings is 1. The summed E-state index contributed by atoms with van der Waals surface area (Å²) in [7, 11) is 0. The summed E-state index contributed by atoms with van der Waals surface area (Å²) in [6.07, 6.45) is 4.40. The van der Waals surface area contributed by atoms with E-state index in [2.05, 4.69) is 11.1 Å². The van der Waals surface area contributed by atoms with Gasteiger partial charge in [0.25, 0.3) is 0 Å². The molecule has 0 amide bonds. The molecular weight excluding hydrogens is 222 g/mol. The van der Waals surface area contributed by atoms with E-state index in [1.807, 2.05) is 56.6 Å². The Morgan fingerprint density at radius 3 is 2.61 bits per heavy atom. The van der Waals surface area contributed by atoms with Gasteiger partial charge in [0.1, 0.15) is 0 Å². The zero-order valence-corrected chi connectivity index (χ0v) is 10.8. The minimum absolute atomic E-state index is 0.0176. The molecule has 2 rings (SSSR count). The van der Waals surface area contributed by atoms with E-state index in [4.69, 9.17) is 0 Å². The van der Waals surface area contributed by atoms with Crippen molar-refractivity contribution in [1.29, 1.82) is 0 Å². The molecule has 18 heavy (non-hydrogen) atoms. The minimum Gasteiger partial charge on any atom is -0.294 e. The Kier molecular flexibility index (Phi) is 3.88. The molecule has 2 aromatic rings. The van der Waals surface area contributed by atoms with Crippen molar-refractivity contribution in [3.8, 4) is 0 Å². The average Bonchev–Trinajstić information content (AvgIpc) is 2.39. The maximum atomic E-state index is 12.2. The van der Waals surface area contributed by atoms with E-state index in [9.17, 15) is 4.79 Å². The third-order valence-corrected chi connectivity index (χ3v) is 2.98. The fraction of sp³-hybridized carbons (Fsp3) is 0.250. The summed E-state index contributed by atoms with van der Waals surface area (Å²) in [5, 5.41) is 0. The van der Waals surface area contributed by atoms with Crippen molar-refractivity contribution in [1.82, 2.24) is 4.98 Å². The first-order valence-electron chi connectivity index (χ1n) is 6.16. The molecule has 1 atom stereocenters. The van der Waals surface area contributed by atoms with Gasteiger partial charge in [-0.25, -0.2) is 0 Å². The molecule has 2 heteroatoms. The summed E-state index contributed by atoms with van der Waals surface area (Å²) in [5.74, 6) is 0.174. The van der Waals surface area contributed by atoms with E-state index in [0.717, 1.165) is 23.1 Å². The number of carbonyl (C=O) groups excluding carboxylic acids is 1. The largest absolute Gasteiger partial charge is 0.294 e. The number of nitrogens with zero attached hydrogens (tertiary/aromatic N) is 1. The highest BCUT2D eigenvalue weighted by molar-refractivity contribution is 5.97. The van der Waals surface area contributed by atoms with E-state index >= 15 is 0 Å². The highest BCUT2D eigenvalue weighted by Crippen LogP contribution is 2.14. The van der Waals surface area contributed by atoms with Crippen LogP contribution in [-0.4, -0.2) is 10.8 Å². The van der Waals surface area contributed by atoms with Crippen LogP contribution in [0.2, 0.25) is 0 Å². The van der Waals surface area contributed by atoms with Gasteiger partial charge in [-0.15, -0.1) is 0 Å². The molecule has 0 aliphatic heterocycles. The van der Waals surface area contributed by atoms with Crippen LogP contribution >= 0.6 is 0 Å². The predicted molar refractivity (Wildman–Crippen MR) is 72.6 cm³/mol. The smallest absolute Gasteiger partial charge is 0.165 e. The van der Waals surface area contributed by atoms with Crippen molar-refractivity contribution in [2.24, 2.45) is 5.92 Å². The lowest BCUT2D eigenvalue weighted by Gasteiger charge is -2.10. The summed E-state index contributed by atoms with van der Waals surface area (Å²) < 4.78 is 0. The summed E-state index contributed by atoms with van der Waals surface area (Å²) in [6.45, 7) is 3.98. The normalized spacial score (nSPS) is 12.1. The molecule has 1 aromatic carbocycles. The summed E-state index contributed by atoms with van der Waals surface area (Å²) in [4.78, 5) is 16.4. The molecule has 0 radical (unpaired) electrons. The van der Waals surface area contributed by atoms with Crippen LogP contribution in [0.1, 0.15) is 28.4 Å². The lowest BCUT2D eigenvalue weighted by Crippen LogP contribution is -2.14. The molecule has 1 heterocycles. The van der Waals surface area contributed by atoms with Crippen LogP contribution < -0.4 is 0 Å². The molecule has 0 bridgehead atoms. The Hall–Kier alpha value is -1.96. The van der Waals surface area contributed by atoms with Crippen LogP contribution in [0.4, 0.5) is 0 Å². The maximum absolute atomic E-state index is 12.2. The second-order valence-corrected chi connectivity index (χ2v) is 4.71. The quantitative estimate of drug-likeness (QED) is 0.765. The second-order valence-electron chi connectivity index (χ2n) is 4.71. The first-order valence-corrected chi connectivity index (χ1v) is 6.16. The van der Waals surface area contributed by atoms with Gasteiger partial charge in [-0.3, -0.25) is 9.78 Å². The molecular formula is C16H17NO. The molecule has 0 saturated carbocycles. The number of aryl methyl sites for hydroxylation is 1. The first-order chi connectivity index (χ1) is 8.66. The van der Waals surface area contributed by atoms with Crippen molar-refractivity contribution in [3.63, 3.8) is 0 Å². The van der Waals surface area contributed by atoms with Crippen molar-refractivity contribution in [2.45, 2.75) is 20.3 Å². The third-order valence-electron chi connectivity index (χ3n) is 2.98. The molecule has 0 saturated heterocycles. The zero-order chi connectivity index (χ0) is 13.0. The highest BCUT2D eigenvalue weighted by atomic mass is 16.1. The van der Waals surface area contributed by atoms with Gasteiger partial charge in [-0.2, -0.15) is 0 Å². The average molecular weight is 239 g/mol. The number of ketones is 1. The predicted octanol–water partition coefficient (Wildman–Crippen LogP) is 3.45. The second kappa shape index (κ2) is 5.58.